The van der Waals surface area contributed by atoms with E-state index in [9.17, 15) is 0 Å². The molecule has 0 saturated carbocycles. The Kier molecular flexibility index (Phi) is 4.87. The molecule has 0 atom stereocenters. The van der Waals surface area contributed by atoms with E-state index in [1.54, 1.807) is 0 Å². The lowest BCUT2D eigenvalue weighted by Gasteiger charge is -2.27. The molecule has 0 unspecified atom stereocenters. The van der Waals surface area contributed by atoms with Gasteiger partial charge in [0.1, 0.15) is 22.3 Å². The highest BCUT2D eigenvalue weighted by molar-refractivity contribution is 7.25. The maximum atomic E-state index is 6.38. The number of benzene rings is 7. The molecule has 10 rings (SSSR count). The van der Waals surface area contributed by atoms with E-state index in [1.165, 1.54) is 25.6 Å². The lowest BCUT2D eigenvalue weighted by atomic mass is 10.0. The molecule has 0 spiro atoms. The highest BCUT2D eigenvalue weighted by atomic mass is 32.1. The molecule has 4 heteroatoms. The van der Waals surface area contributed by atoms with E-state index < -0.39 is 0 Å². The second-order valence-corrected chi connectivity index (χ2v) is 12.4. The molecule has 0 radical (unpaired) electrons. The summed E-state index contributed by atoms with van der Waals surface area (Å²) in [6.07, 6.45) is 0. The number of hydrogen-bond donors (Lipinski definition) is 0. The van der Waals surface area contributed by atoms with E-state index in [0.717, 1.165) is 66.3 Å². The van der Waals surface area contributed by atoms with Gasteiger partial charge in [0, 0.05) is 64.5 Å². The molecular formula is C40H23NO2S. The first kappa shape index (κ1) is 23.9. The number of rotatable bonds is 3. The maximum absolute atomic E-state index is 6.38. The molecule has 7 aromatic carbocycles. The quantitative estimate of drug-likeness (QED) is 0.208. The van der Waals surface area contributed by atoms with Crippen molar-refractivity contribution in [1.29, 1.82) is 0 Å². The van der Waals surface area contributed by atoms with Crippen molar-refractivity contribution in [2.24, 2.45) is 0 Å². The van der Waals surface area contributed by atoms with E-state index >= 15 is 0 Å². The average molecular weight is 582 g/mol. The number of nitrogens with zero attached hydrogens (tertiary/aromatic N) is 1. The second-order valence-electron chi connectivity index (χ2n) is 11.3. The monoisotopic (exact) mass is 581 g/mol. The molecule has 0 fully saturated rings. The Hall–Kier alpha value is -5.58. The number of thiophene rings is 1. The van der Waals surface area contributed by atoms with Gasteiger partial charge in [-0.05, 0) is 72.1 Å². The first-order chi connectivity index (χ1) is 21.8. The summed E-state index contributed by atoms with van der Waals surface area (Å²) in [6, 6.07) is 49.5. The van der Waals surface area contributed by atoms with Crippen LogP contribution in [-0.2, 0) is 0 Å². The molecule has 0 aliphatic carbocycles. The molecule has 0 amide bonds. The van der Waals surface area contributed by atoms with Gasteiger partial charge in [-0.1, -0.05) is 66.7 Å². The van der Waals surface area contributed by atoms with Crippen LogP contribution < -0.4 is 4.90 Å². The van der Waals surface area contributed by atoms with Crippen LogP contribution in [-0.4, -0.2) is 0 Å². The Morgan fingerprint density at radius 1 is 0.386 bits per heavy atom. The van der Waals surface area contributed by atoms with Gasteiger partial charge in [-0.3, -0.25) is 0 Å². The fraction of sp³-hybridized carbons (Fsp3) is 0. The standard InChI is InChI=1S/C40H23NO2S/c1-4-13-34-27(8-1)28-18-16-25(23-37(28)43-34)41(24-17-21-39-32(22-24)29-9-3-6-15-38(29)44-39)33-12-7-11-30-26(33)19-20-36-40(30)31-10-2-5-14-35(31)42-36/h1-23H. The van der Waals surface area contributed by atoms with Crippen LogP contribution in [0.5, 0.6) is 0 Å². The predicted molar refractivity (Wildman–Crippen MR) is 186 cm³/mol. The summed E-state index contributed by atoms with van der Waals surface area (Å²) in [6.45, 7) is 0. The fourth-order valence-electron chi connectivity index (χ4n) is 6.89. The molecule has 10 aromatic rings. The number of fused-ring (bicyclic) bond motifs is 11. The van der Waals surface area contributed by atoms with Gasteiger partial charge in [-0.25, -0.2) is 0 Å². The minimum absolute atomic E-state index is 0.874. The Balaban J connectivity index is 1.28. The Morgan fingerprint density at radius 3 is 1.93 bits per heavy atom. The molecule has 206 valence electrons. The van der Waals surface area contributed by atoms with Crippen LogP contribution in [0.25, 0.3) is 74.8 Å². The summed E-state index contributed by atoms with van der Waals surface area (Å²) >= 11 is 1.84. The third-order valence-corrected chi connectivity index (χ3v) is 10.0. The van der Waals surface area contributed by atoms with Gasteiger partial charge in [0.15, 0.2) is 0 Å². The fourth-order valence-corrected chi connectivity index (χ4v) is 7.98. The molecular weight excluding hydrogens is 559 g/mol. The van der Waals surface area contributed by atoms with Gasteiger partial charge >= 0.3 is 0 Å². The molecule has 0 bridgehead atoms. The zero-order chi connectivity index (χ0) is 28.8. The van der Waals surface area contributed by atoms with Gasteiger partial charge in [0.05, 0.1) is 5.69 Å². The predicted octanol–water partition coefficient (Wildman–Crippen LogP) is 12.5. The van der Waals surface area contributed by atoms with E-state index in [2.05, 4.69) is 120 Å². The normalized spacial score (nSPS) is 12.1. The molecule has 3 heterocycles. The van der Waals surface area contributed by atoms with Crippen LogP contribution in [0.2, 0.25) is 0 Å². The molecule has 0 aliphatic heterocycles. The number of furan rings is 2. The summed E-state index contributed by atoms with van der Waals surface area (Å²) in [5, 5.41) is 9.40. The van der Waals surface area contributed by atoms with E-state index in [4.69, 9.17) is 8.83 Å². The molecule has 0 aliphatic rings. The highest BCUT2D eigenvalue weighted by Gasteiger charge is 2.20. The summed E-state index contributed by atoms with van der Waals surface area (Å²) in [7, 11) is 0. The van der Waals surface area contributed by atoms with Gasteiger partial charge in [0.25, 0.3) is 0 Å². The molecule has 3 aromatic heterocycles. The van der Waals surface area contributed by atoms with Crippen LogP contribution in [0.1, 0.15) is 0 Å². The van der Waals surface area contributed by atoms with E-state index in [0.29, 0.717) is 0 Å². The second kappa shape index (κ2) is 8.96. The molecule has 0 saturated heterocycles. The first-order valence-corrected chi connectivity index (χ1v) is 15.6. The van der Waals surface area contributed by atoms with Crippen molar-refractivity contribution < 1.29 is 8.83 Å². The zero-order valence-electron chi connectivity index (χ0n) is 23.5. The lowest BCUT2D eigenvalue weighted by Crippen LogP contribution is -2.10. The smallest absolute Gasteiger partial charge is 0.137 e. The Bertz CT molecular complexity index is 2750. The van der Waals surface area contributed by atoms with Crippen LogP contribution in [0.3, 0.4) is 0 Å². The van der Waals surface area contributed by atoms with Gasteiger partial charge < -0.3 is 13.7 Å². The van der Waals surface area contributed by atoms with E-state index in [1.807, 2.05) is 35.6 Å². The van der Waals surface area contributed by atoms with Crippen molar-refractivity contribution in [2.75, 3.05) is 4.90 Å². The Morgan fingerprint density at radius 2 is 1.02 bits per heavy atom. The topological polar surface area (TPSA) is 29.5 Å². The maximum Gasteiger partial charge on any atom is 0.137 e. The minimum Gasteiger partial charge on any atom is -0.456 e. The first-order valence-electron chi connectivity index (χ1n) is 14.8. The van der Waals surface area contributed by atoms with Crippen molar-refractivity contribution in [2.45, 2.75) is 0 Å². The SMILES string of the molecule is c1ccc2c(c1)oc1cc(N(c3ccc4sc5ccccc5c4c3)c3cccc4c3ccc3oc5ccccc5c34)ccc12. The van der Waals surface area contributed by atoms with Crippen molar-refractivity contribution in [3.63, 3.8) is 0 Å². The van der Waals surface area contributed by atoms with Crippen molar-refractivity contribution in [3.8, 4) is 0 Å². The van der Waals surface area contributed by atoms with Crippen molar-refractivity contribution >= 4 is 103 Å². The lowest BCUT2D eigenvalue weighted by molar-refractivity contribution is 0.668. The minimum atomic E-state index is 0.874. The molecule has 0 N–H and O–H groups in total. The van der Waals surface area contributed by atoms with Crippen LogP contribution >= 0.6 is 11.3 Å². The summed E-state index contributed by atoms with van der Waals surface area (Å²) in [5.41, 5.74) is 6.82. The van der Waals surface area contributed by atoms with Gasteiger partial charge in [0.2, 0.25) is 0 Å². The zero-order valence-corrected chi connectivity index (χ0v) is 24.3. The molecule has 3 nitrogen and oxygen atoms in total. The van der Waals surface area contributed by atoms with Crippen molar-refractivity contribution in [3.05, 3.63) is 140 Å². The highest BCUT2D eigenvalue weighted by Crippen LogP contribution is 2.45. The average Bonchev–Trinajstić information content (AvgIpc) is 3.75. The van der Waals surface area contributed by atoms with E-state index in [-0.39, 0.29) is 0 Å². The summed E-state index contributed by atoms with van der Waals surface area (Å²) in [5.74, 6) is 0. The number of para-hydroxylation sites is 2. The van der Waals surface area contributed by atoms with Crippen LogP contribution in [0, 0.1) is 0 Å². The van der Waals surface area contributed by atoms with Crippen LogP contribution in [0.15, 0.2) is 148 Å². The number of hydrogen-bond acceptors (Lipinski definition) is 4. The summed E-state index contributed by atoms with van der Waals surface area (Å²) < 4.78 is 15.2. The third kappa shape index (κ3) is 3.37. The largest absolute Gasteiger partial charge is 0.456 e. The van der Waals surface area contributed by atoms with Gasteiger partial charge in [-0.15, -0.1) is 11.3 Å². The number of anilines is 3. The van der Waals surface area contributed by atoms with Crippen LogP contribution in [0.4, 0.5) is 17.1 Å². The van der Waals surface area contributed by atoms with Crippen molar-refractivity contribution in [1.82, 2.24) is 0 Å². The third-order valence-electron chi connectivity index (χ3n) is 8.86. The van der Waals surface area contributed by atoms with Gasteiger partial charge in [-0.2, -0.15) is 0 Å². The summed E-state index contributed by atoms with van der Waals surface area (Å²) in [4.78, 5) is 2.37. The Labute approximate surface area is 255 Å². The molecule has 44 heavy (non-hydrogen) atoms.